The highest BCUT2D eigenvalue weighted by Gasteiger charge is 2.32. The number of fused-ring (bicyclic) bond motifs is 1. The number of aryl methyl sites for hydroxylation is 1. The number of nitriles is 1. The van der Waals surface area contributed by atoms with Crippen LogP contribution in [0.25, 0.3) is 0 Å². The van der Waals surface area contributed by atoms with Crippen molar-refractivity contribution in [3.05, 3.63) is 83.6 Å². The van der Waals surface area contributed by atoms with Gasteiger partial charge in [-0.15, -0.1) is 0 Å². The number of nitrogens with zero attached hydrogens (tertiary/aromatic N) is 3. The monoisotopic (exact) mass is 483 g/mol. The first-order valence-corrected chi connectivity index (χ1v) is 13.2. The van der Waals surface area contributed by atoms with Crippen LogP contribution < -0.4 is 4.90 Å². The van der Waals surface area contributed by atoms with Crippen molar-refractivity contribution in [1.82, 2.24) is 4.98 Å². The van der Waals surface area contributed by atoms with Crippen LogP contribution >= 0.6 is 11.8 Å². The lowest BCUT2D eigenvalue weighted by atomic mass is 9.71. The minimum absolute atomic E-state index is 0.00823. The number of thioether (sulfide) groups is 1. The first kappa shape index (κ1) is 25.0. The van der Waals surface area contributed by atoms with Crippen LogP contribution in [0.4, 0.5) is 11.4 Å². The lowest BCUT2D eigenvalue weighted by molar-refractivity contribution is -0.117. The molecule has 1 amide bonds. The maximum atomic E-state index is 13.9. The van der Waals surface area contributed by atoms with E-state index in [1.165, 1.54) is 17.3 Å². The van der Waals surface area contributed by atoms with Crippen LogP contribution in [0.2, 0.25) is 0 Å². The van der Waals surface area contributed by atoms with E-state index in [0.29, 0.717) is 22.9 Å². The number of carbonyl (C=O) groups is 1. The molecule has 4 nitrogen and oxygen atoms in total. The standard InChI is InChI=1S/C30H33N3OS/c1-5-27(29(34)33(24-12-8-6-9-13-24)25-14-10-7-11-15-25)35-28-22(20-31)18-21-19-23(30(2,3)4)16-17-26(21)32-28/h6-15,18,23,27H,5,16-17,19H2,1-4H3. The highest BCUT2D eigenvalue weighted by Crippen LogP contribution is 2.39. The molecule has 0 saturated carbocycles. The summed E-state index contributed by atoms with van der Waals surface area (Å²) >= 11 is 1.42. The Bertz CT molecular complexity index is 1170. The van der Waals surface area contributed by atoms with Crippen molar-refractivity contribution in [3.8, 4) is 6.07 Å². The highest BCUT2D eigenvalue weighted by molar-refractivity contribution is 8.00. The quantitative estimate of drug-likeness (QED) is 0.344. The Morgan fingerprint density at radius 1 is 1.11 bits per heavy atom. The van der Waals surface area contributed by atoms with E-state index in [9.17, 15) is 10.1 Å². The zero-order valence-electron chi connectivity index (χ0n) is 21.0. The summed E-state index contributed by atoms with van der Waals surface area (Å²) in [4.78, 5) is 20.6. The van der Waals surface area contributed by atoms with Crippen molar-refractivity contribution < 1.29 is 4.79 Å². The summed E-state index contributed by atoms with van der Waals surface area (Å²) in [5, 5.41) is 10.2. The molecule has 5 heteroatoms. The Morgan fingerprint density at radius 3 is 2.23 bits per heavy atom. The number of rotatable bonds is 6. The summed E-state index contributed by atoms with van der Waals surface area (Å²) in [6.45, 7) is 8.87. The number of para-hydroxylation sites is 2. The summed E-state index contributed by atoms with van der Waals surface area (Å²) in [6.07, 6.45) is 3.61. The molecule has 4 rings (SSSR count). The van der Waals surface area contributed by atoms with Crippen molar-refractivity contribution in [2.75, 3.05) is 4.90 Å². The summed E-state index contributed by atoms with van der Waals surface area (Å²) in [5.41, 5.74) is 4.73. The SMILES string of the molecule is CCC(Sc1nc2c(cc1C#N)CC(C(C)(C)C)CC2)C(=O)N(c1ccccc1)c1ccccc1. The number of carbonyl (C=O) groups excluding carboxylic acids is 1. The summed E-state index contributed by atoms with van der Waals surface area (Å²) < 4.78 is 0. The topological polar surface area (TPSA) is 57.0 Å². The fourth-order valence-corrected chi connectivity index (χ4v) is 5.74. The molecule has 1 heterocycles. The molecule has 1 aliphatic rings. The number of hydrogen-bond donors (Lipinski definition) is 0. The highest BCUT2D eigenvalue weighted by atomic mass is 32.2. The molecule has 2 atom stereocenters. The lowest BCUT2D eigenvalue weighted by Gasteiger charge is -2.34. The van der Waals surface area contributed by atoms with Gasteiger partial charge in [-0.3, -0.25) is 9.69 Å². The molecule has 0 N–H and O–H groups in total. The molecule has 0 spiro atoms. The Morgan fingerprint density at radius 2 is 1.71 bits per heavy atom. The third-order valence-corrected chi connectivity index (χ3v) is 8.20. The van der Waals surface area contributed by atoms with Crippen LogP contribution in [0.1, 0.15) is 57.4 Å². The first-order valence-electron chi connectivity index (χ1n) is 12.4. The maximum Gasteiger partial charge on any atom is 0.245 e. The molecule has 2 unspecified atom stereocenters. The third-order valence-electron chi connectivity index (χ3n) is 6.85. The Balaban J connectivity index is 1.65. The van der Waals surface area contributed by atoms with E-state index in [-0.39, 0.29) is 16.6 Å². The van der Waals surface area contributed by atoms with E-state index >= 15 is 0 Å². The molecule has 1 aliphatic carbocycles. The molecule has 0 bridgehead atoms. The van der Waals surface area contributed by atoms with Gasteiger partial charge >= 0.3 is 0 Å². The van der Waals surface area contributed by atoms with E-state index in [1.54, 1.807) is 4.90 Å². The normalized spacial score (nSPS) is 16.1. The fourth-order valence-electron chi connectivity index (χ4n) is 4.70. The minimum Gasteiger partial charge on any atom is -0.280 e. The average molecular weight is 484 g/mol. The second-order valence-corrected chi connectivity index (χ2v) is 11.4. The third kappa shape index (κ3) is 5.60. The summed E-state index contributed by atoms with van der Waals surface area (Å²) in [5.74, 6) is 0.572. The second-order valence-electron chi connectivity index (χ2n) is 10.2. The lowest BCUT2D eigenvalue weighted by Crippen LogP contribution is -2.34. The molecule has 180 valence electrons. The van der Waals surface area contributed by atoms with E-state index in [1.807, 2.05) is 73.7 Å². The molecule has 0 saturated heterocycles. The molecular weight excluding hydrogens is 450 g/mol. The van der Waals surface area contributed by atoms with E-state index in [2.05, 4.69) is 26.8 Å². The van der Waals surface area contributed by atoms with Gasteiger partial charge in [-0.1, -0.05) is 75.9 Å². The first-order chi connectivity index (χ1) is 16.8. The summed E-state index contributed by atoms with van der Waals surface area (Å²) in [7, 11) is 0. The minimum atomic E-state index is -0.362. The molecule has 0 radical (unpaired) electrons. The van der Waals surface area contributed by atoms with Gasteiger partial charge in [0.2, 0.25) is 5.91 Å². The van der Waals surface area contributed by atoms with Crippen LogP contribution in [-0.2, 0) is 17.6 Å². The predicted molar refractivity (Wildman–Crippen MR) is 144 cm³/mol. The Labute approximate surface area is 213 Å². The molecule has 2 aromatic carbocycles. The summed E-state index contributed by atoms with van der Waals surface area (Å²) in [6, 6.07) is 23.8. The van der Waals surface area contributed by atoms with Crippen LogP contribution in [0.15, 0.2) is 71.8 Å². The van der Waals surface area contributed by atoms with Gasteiger partial charge in [0.25, 0.3) is 0 Å². The van der Waals surface area contributed by atoms with Crippen LogP contribution in [0.3, 0.4) is 0 Å². The van der Waals surface area contributed by atoms with Crippen molar-refractivity contribution in [3.63, 3.8) is 0 Å². The fraction of sp³-hybridized carbons (Fsp3) is 0.367. The van der Waals surface area contributed by atoms with E-state index in [0.717, 1.165) is 36.3 Å². The predicted octanol–water partition coefficient (Wildman–Crippen LogP) is 7.34. The average Bonchev–Trinajstić information content (AvgIpc) is 2.87. The van der Waals surface area contributed by atoms with Crippen molar-refractivity contribution in [2.45, 2.75) is 63.7 Å². The maximum absolute atomic E-state index is 13.9. The Kier molecular flexibility index (Phi) is 7.62. The van der Waals surface area contributed by atoms with Crippen molar-refractivity contribution in [2.24, 2.45) is 11.3 Å². The molecule has 1 aromatic heterocycles. The zero-order valence-corrected chi connectivity index (χ0v) is 21.8. The molecule has 0 fully saturated rings. The zero-order chi connectivity index (χ0) is 25.0. The molecular formula is C30H33N3OS. The van der Waals surface area contributed by atoms with Gasteiger partial charge in [-0.2, -0.15) is 5.26 Å². The van der Waals surface area contributed by atoms with Gasteiger partial charge < -0.3 is 0 Å². The van der Waals surface area contributed by atoms with E-state index in [4.69, 9.17) is 4.98 Å². The van der Waals surface area contributed by atoms with Crippen molar-refractivity contribution >= 4 is 29.0 Å². The van der Waals surface area contributed by atoms with Gasteiger partial charge in [-0.05, 0) is 72.9 Å². The van der Waals surface area contributed by atoms with Gasteiger partial charge in [0.05, 0.1) is 10.8 Å². The number of hydrogen-bond acceptors (Lipinski definition) is 4. The number of benzene rings is 2. The van der Waals surface area contributed by atoms with E-state index < -0.39 is 0 Å². The van der Waals surface area contributed by atoms with Crippen LogP contribution in [0, 0.1) is 22.7 Å². The van der Waals surface area contributed by atoms with Gasteiger partial charge in [0.1, 0.15) is 11.1 Å². The number of aromatic nitrogens is 1. The van der Waals surface area contributed by atoms with Crippen LogP contribution in [0.5, 0.6) is 0 Å². The molecule has 3 aromatic rings. The Hall–Kier alpha value is -3.10. The van der Waals surface area contributed by atoms with Gasteiger partial charge in [-0.25, -0.2) is 4.98 Å². The van der Waals surface area contributed by atoms with Crippen LogP contribution in [-0.4, -0.2) is 16.1 Å². The molecule has 35 heavy (non-hydrogen) atoms. The van der Waals surface area contributed by atoms with Crippen molar-refractivity contribution in [1.29, 1.82) is 5.26 Å². The number of pyridine rings is 1. The number of amides is 1. The largest absolute Gasteiger partial charge is 0.280 e. The van der Waals surface area contributed by atoms with Gasteiger partial charge in [0, 0.05) is 17.1 Å². The van der Waals surface area contributed by atoms with Gasteiger partial charge in [0.15, 0.2) is 0 Å². The smallest absolute Gasteiger partial charge is 0.245 e. The second kappa shape index (κ2) is 10.7. The molecule has 0 aliphatic heterocycles. The number of anilines is 2.